The number of hydrogen-bond acceptors (Lipinski definition) is 3. The Morgan fingerprint density at radius 3 is 2.84 bits per heavy atom. The van der Waals surface area contributed by atoms with E-state index >= 15 is 0 Å². The van der Waals surface area contributed by atoms with E-state index in [-0.39, 0.29) is 0 Å². The van der Waals surface area contributed by atoms with E-state index in [2.05, 4.69) is 36.5 Å². The van der Waals surface area contributed by atoms with Gasteiger partial charge in [0, 0.05) is 47.7 Å². The highest BCUT2D eigenvalue weighted by Gasteiger charge is 2.22. The van der Waals surface area contributed by atoms with Crippen LogP contribution in [0.4, 0.5) is 5.69 Å². The van der Waals surface area contributed by atoms with Crippen molar-refractivity contribution >= 4 is 29.1 Å². The van der Waals surface area contributed by atoms with E-state index in [9.17, 15) is 0 Å². The van der Waals surface area contributed by atoms with Crippen molar-refractivity contribution in [2.24, 2.45) is 0 Å². The Balaban J connectivity index is 2.14. The molecule has 1 saturated carbocycles. The third kappa shape index (κ3) is 4.04. The number of rotatable bonds is 7. The van der Waals surface area contributed by atoms with E-state index in [1.807, 2.05) is 23.9 Å². The predicted octanol–water partition coefficient (Wildman–Crippen LogP) is 3.78. The van der Waals surface area contributed by atoms with Crippen LogP contribution in [0, 0.1) is 0 Å². The lowest BCUT2D eigenvalue weighted by Crippen LogP contribution is -2.32. The number of benzene rings is 1. The molecule has 1 atom stereocenters. The molecule has 0 amide bonds. The maximum absolute atomic E-state index is 6.39. The van der Waals surface area contributed by atoms with Gasteiger partial charge in [0.15, 0.2) is 0 Å². The maximum Gasteiger partial charge on any atom is 0.0471 e. The normalized spacial score (nSPS) is 16.4. The van der Waals surface area contributed by atoms with Gasteiger partial charge in [0.25, 0.3) is 0 Å². The van der Waals surface area contributed by atoms with Crippen LogP contribution in [-0.2, 0) is 6.54 Å². The van der Waals surface area contributed by atoms with E-state index in [1.54, 1.807) is 0 Å². The Bertz CT molecular complexity index is 421. The molecule has 19 heavy (non-hydrogen) atoms. The standard InChI is InChI=1S/C15H23ClN2S/c1-11(10-19-3)18(2)15-6-4-5-14(16)13(15)9-17-12-7-8-12/h4-6,11-12,17H,7-10H2,1-3H3. The molecular weight excluding hydrogens is 276 g/mol. The van der Waals surface area contributed by atoms with Gasteiger partial charge in [0.1, 0.15) is 0 Å². The van der Waals surface area contributed by atoms with Crippen LogP contribution < -0.4 is 10.2 Å². The van der Waals surface area contributed by atoms with E-state index in [0.29, 0.717) is 12.1 Å². The molecule has 0 heterocycles. The average Bonchev–Trinajstić information content (AvgIpc) is 3.20. The van der Waals surface area contributed by atoms with Gasteiger partial charge >= 0.3 is 0 Å². The monoisotopic (exact) mass is 298 g/mol. The average molecular weight is 299 g/mol. The topological polar surface area (TPSA) is 15.3 Å². The van der Waals surface area contributed by atoms with Gasteiger partial charge in [-0.05, 0) is 38.2 Å². The molecule has 0 spiro atoms. The first-order valence-corrected chi connectivity index (χ1v) is 8.63. The van der Waals surface area contributed by atoms with Crippen LogP contribution in [0.1, 0.15) is 25.3 Å². The molecule has 0 aromatic heterocycles. The maximum atomic E-state index is 6.39. The molecule has 1 aliphatic rings. The minimum atomic E-state index is 0.508. The van der Waals surface area contributed by atoms with Crippen molar-refractivity contribution in [3.63, 3.8) is 0 Å². The smallest absolute Gasteiger partial charge is 0.0471 e. The van der Waals surface area contributed by atoms with Crippen molar-refractivity contribution in [2.75, 3.05) is 24.0 Å². The minimum absolute atomic E-state index is 0.508. The first-order chi connectivity index (χ1) is 9.13. The first kappa shape index (κ1) is 15.0. The van der Waals surface area contributed by atoms with Gasteiger partial charge in [-0.2, -0.15) is 11.8 Å². The van der Waals surface area contributed by atoms with Gasteiger partial charge in [-0.3, -0.25) is 0 Å². The Kier molecular flexibility index (Phi) is 5.43. The molecule has 106 valence electrons. The van der Waals surface area contributed by atoms with Crippen LogP contribution in [-0.4, -0.2) is 31.1 Å². The Labute approximate surface area is 125 Å². The van der Waals surface area contributed by atoms with Gasteiger partial charge in [0.05, 0.1) is 0 Å². The molecule has 1 aromatic carbocycles. The Morgan fingerprint density at radius 2 is 2.21 bits per heavy atom. The van der Waals surface area contributed by atoms with Gasteiger partial charge in [-0.1, -0.05) is 17.7 Å². The molecule has 1 aromatic rings. The van der Waals surface area contributed by atoms with Crippen molar-refractivity contribution in [3.05, 3.63) is 28.8 Å². The fraction of sp³-hybridized carbons (Fsp3) is 0.600. The first-order valence-electron chi connectivity index (χ1n) is 6.86. The third-order valence-electron chi connectivity index (χ3n) is 3.69. The second-order valence-electron chi connectivity index (χ2n) is 5.31. The summed E-state index contributed by atoms with van der Waals surface area (Å²) in [6.07, 6.45) is 4.76. The number of thioether (sulfide) groups is 1. The molecule has 1 N–H and O–H groups in total. The van der Waals surface area contributed by atoms with Crippen molar-refractivity contribution in [2.45, 2.75) is 38.4 Å². The van der Waals surface area contributed by atoms with Crippen LogP contribution in [0.3, 0.4) is 0 Å². The van der Waals surface area contributed by atoms with E-state index in [4.69, 9.17) is 11.6 Å². The summed E-state index contributed by atoms with van der Waals surface area (Å²) in [5, 5.41) is 4.43. The fourth-order valence-corrected chi connectivity index (χ4v) is 3.12. The number of halogens is 1. The second-order valence-corrected chi connectivity index (χ2v) is 6.63. The van der Waals surface area contributed by atoms with Gasteiger partial charge in [-0.15, -0.1) is 0 Å². The number of anilines is 1. The van der Waals surface area contributed by atoms with Crippen LogP contribution in [0.5, 0.6) is 0 Å². The molecule has 1 unspecified atom stereocenters. The summed E-state index contributed by atoms with van der Waals surface area (Å²) in [6, 6.07) is 7.42. The van der Waals surface area contributed by atoms with Crippen molar-refractivity contribution < 1.29 is 0 Å². The third-order valence-corrected chi connectivity index (χ3v) is 4.86. The van der Waals surface area contributed by atoms with Crippen LogP contribution in [0.2, 0.25) is 5.02 Å². The second kappa shape index (κ2) is 6.87. The Morgan fingerprint density at radius 1 is 1.47 bits per heavy atom. The number of nitrogens with zero attached hydrogens (tertiary/aromatic N) is 1. The highest BCUT2D eigenvalue weighted by molar-refractivity contribution is 7.98. The van der Waals surface area contributed by atoms with Crippen LogP contribution in [0.15, 0.2) is 18.2 Å². The zero-order chi connectivity index (χ0) is 13.8. The molecular formula is C15H23ClN2S. The zero-order valence-electron chi connectivity index (χ0n) is 11.9. The Hall–Kier alpha value is -0.380. The SMILES string of the molecule is CSCC(C)N(C)c1cccc(Cl)c1CNC1CC1. The molecule has 2 rings (SSSR count). The number of hydrogen-bond donors (Lipinski definition) is 1. The zero-order valence-corrected chi connectivity index (χ0v) is 13.5. The largest absolute Gasteiger partial charge is 0.371 e. The highest BCUT2D eigenvalue weighted by atomic mass is 35.5. The lowest BCUT2D eigenvalue weighted by molar-refractivity contribution is 0.680. The lowest BCUT2D eigenvalue weighted by atomic mass is 10.1. The molecule has 0 aliphatic heterocycles. The summed E-state index contributed by atoms with van der Waals surface area (Å²) >= 11 is 8.27. The van der Waals surface area contributed by atoms with Crippen molar-refractivity contribution in [1.29, 1.82) is 0 Å². The van der Waals surface area contributed by atoms with Gasteiger partial charge < -0.3 is 10.2 Å². The summed E-state index contributed by atoms with van der Waals surface area (Å²) < 4.78 is 0. The molecule has 0 saturated heterocycles. The van der Waals surface area contributed by atoms with Crippen LogP contribution >= 0.6 is 23.4 Å². The molecule has 0 radical (unpaired) electrons. The fourth-order valence-electron chi connectivity index (χ4n) is 2.18. The summed E-state index contributed by atoms with van der Waals surface area (Å²) in [4.78, 5) is 2.34. The molecule has 2 nitrogen and oxygen atoms in total. The summed E-state index contributed by atoms with van der Waals surface area (Å²) in [5.41, 5.74) is 2.48. The molecule has 4 heteroatoms. The summed E-state index contributed by atoms with van der Waals surface area (Å²) in [5.74, 6) is 1.12. The molecule has 1 fully saturated rings. The van der Waals surface area contributed by atoms with Crippen molar-refractivity contribution in [1.82, 2.24) is 5.32 Å². The van der Waals surface area contributed by atoms with Gasteiger partial charge in [0.2, 0.25) is 0 Å². The lowest BCUT2D eigenvalue weighted by Gasteiger charge is -2.29. The predicted molar refractivity (Wildman–Crippen MR) is 87.6 cm³/mol. The van der Waals surface area contributed by atoms with E-state index in [0.717, 1.165) is 17.3 Å². The quantitative estimate of drug-likeness (QED) is 0.825. The molecule has 0 bridgehead atoms. The van der Waals surface area contributed by atoms with E-state index < -0.39 is 0 Å². The summed E-state index contributed by atoms with van der Waals surface area (Å²) in [6.45, 7) is 3.13. The molecule has 1 aliphatic carbocycles. The summed E-state index contributed by atoms with van der Waals surface area (Å²) in [7, 11) is 2.16. The van der Waals surface area contributed by atoms with Crippen molar-refractivity contribution in [3.8, 4) is 0 Å². The van der Waals surface area contributed by atoms with E-state index in [1.165, 1.54) is 24.1 Å². The van der Waals surface area contributed by atoms with Crippen LogP contribution in [0.25, 0.3) is 0 Å². The highest BCUT2D eigenvalue weighted by Crippen LogP contribution is 2.29. The number of nitrogens with one attached hydrogen (secondary N) is 1. The minimum Gasteiger partial charge on any atom is -0.371 e. The van der Waals surface area contributed by atoms with Gasteiger partial charge in [-0.25, -0.2) is 0 Å².